The molecule has 5 atom stereocenters. The summed E-state index contributed by atoms with van der Waals surface area (Å²) in [7, 11) is 2.09. The number of fused-ring (bicyclic) bond motifs is 3. The van der Waals surface area contributed by atoms with Gasteiger partial charge in [-0.3, -0.25) is 19.2 Å². The summed E-state index contributed by atoms with van der Waals surface area (Å²) < 4.78 is 15.0. The van der Waals surface area contributed by atoms with Gasteiger partial charge in [0.05, 0.1) is 25.5 Å². The molecule has 0 aromatic heterocycles. The highest BCUT2D eigenvalue weighted by atomic mass is 35.5. The molecule has 10 heteroatoms. The highest BCUT2D eigenvalue weighted by molar-refractivity contribution is 7.98. The Balaban J connectivity index is 1.05. The van der Waals surface area contributed by atoms with Crippen molar-refractivity contribution in [3.8, 4) is 5.75 Å². The summed E-state index contributed by atoms with van der Waals surface area (Å²) in [5.41, 5.74) is 4.08. The Morgan fingerprint density at radius 1 is 1.12 bits per heavy atom. The van der Waals surface area contributed by atoms with Gasteiger partial charge in [-0.25, -0.2) is 0 Å². The Bertz CT molecular complexity index is 1500. The third kappa shape index (κ3) is 7.69. The summed E-state index contributed by atoms with van der Waals surface area (Å²) >= 11 is 7.81. The van der Waals surface area contributed by atoms with Crippen LogP contribution in [0, 0.1) is 5.92 Å². The Morgan fingerprint density at radius 2 is 1.94 bits per heavy atom. The number of likely N-dealkylation sites (tertiary alicyclic amines) is 1. The van der Waals surface area contributed by atoms with Crippen LogP contribution in [0.4, 0.5) is 5.69 Å². The molecule has 2 aromatic carbocycles. The van der Waals surface area contributed by atoms with Gasteiger partial charge in [0.15, 0.2) is 0 Å². The number of morpholine rings is 1. The highest BCUT2D eigenvalue weighted by Gasteiger charge is 2.41. The van der Waals surface area contributed by atoms with Crippen molar-refractivity contribution in [3.05, 3.63) is 70.3 Å². The molecule has 1 aliphatic carbocycles. The lowest BCUT2D eigenvalue weighted by Gasteiger charge is -2.39. The number of halogens is 1. The normalized spacial score (nSPS) is 24.8. The van der Waals surface area contributed by atoms with E-state index in [-0.39, 0.29) is 28.5 Å². The number of amides is 2. The molecule has 1 spiro atoms. The second kappa shape index (κ2) is 15.4. The van der Waals surface area contributed by atoms with Gasteiger partial charge >= 0.3 is 0 Å². The van der Waals surface area contributed by atoms with Gasteiger partial charge in [-0.1, -0.05) is 43.7 Å². The van der Waals surface area contributed by atoms with Crippen LogP contribution in [0.25, 0.3) is 0 Å². The molecule has 6 rings (SSSR count). The molecule has 2 aromatic rings. The summed E-state index contributed by atoms with van der Waals surface area (Å²) in [6.45, 7) is 11.5. The minimum absolute atomic E-state index is 0.110. The van der Waals surface area contributed by atoms with Crippen molar-refractivity contribution in [1.29, 1.82) is 0 Å². The maximum atomic E-state index is 13.5. The molecule has 0 radical (unpaired) electrons. The van der Waals surface area contributed by atoms with Gasteiger partial charge in [0.25, 0.3) is 5.91 Å². The predicted molar refractivity (Wildman–Crippen MR) is 195 cm³/mol. The van der Waals surface area contributed by atoms with Crippen LogP contribution in [-0.4, -0.2) is 92.0 Å². The number of aryl methyl sites for hydroxylation is 1. The number of benzene rings is 2. The average Bonchev–Trinajstić information content (AvgIpc) is 3.46. The standard InChI is InChI=1S/C38H51ClN4O4S/c1-26(8-5-11-33(43-17-7-9-27(43)2)37(45)42-18-20-46-21-19-42)28(3)48-40-36(44)30-12-15-35-34(23-30)41(4)24-38(25-47-35)16-6-10-29-22-31(39)13-14-32(29)38/h5,11-15,22-23,26-28,33H,6-10,16-21,24-25H2,1-4H3,(H,40,44)/b11-5+/t26-,27+,28+,33-,38-/m0/s1. The molecule has 2 saturated heterocycles. The minimum atomic E-state index is -0.230. The van der Waals surface area contributed by atoms with Gasteiger partial charge < -0.3 is 19.3 Å². The molecule has 0 saturated carbocycles. The molecule has 3 heterocycles. The predicted octanol–water partition coefficient (Wildman–Crippen LogP) is 6.50. The van der Waals surface area contributed by atoms with Crippen LogP contribution in [0.5, 0.6) is 5.75 Å². The third-order valence-corrected chi connectivity index (χ3v) is 12.3. The quantitative estimate of drug-likeness (QED) is 0.237. The van der Waals surface area contributed by atoms with Crippen LogP contribution >= 0.6 is 23.5 Å². The number of allylic oxidation sites excluding steroid dienone is 1. The molecule has 2 fully saturated rings. The van der Waals surface area contributed by atoms with Crippen molar-refractivity contribution in [1.82, 2.24) is 14.5 Å². The van der Waals surface area contributed by atoms with Crippen LogP contribution in [0.15, 0.2) is 48.6 Å². The van der Waals surface area contributed by atoms with Gasteiger partial charge in [0.2, 0.25) is 5.91 Å². The lowest BCUT2D eigenvalue weighted by molar-refractivity contribution is -0.139. The fraction of sp³-hybridized carbons (Fsp3) is 0.579. The number of nitrogens with zero attached hydrogens (tertiary/aromatic N) is 3. The van der Waals surface area contributed by atoms with Crippen molar-refractivity contribution in [3.63, 3.8) is 0 Å². The Morgan fingerprint density at radius 3 is 2.71 bits per heavy atom. The fourth-order valence-corrected chi connectivity index (χ4v) is 8.79. The first-order valence-corrected chi connectivity index (χ1v) is 18.9. The molecule has 2 amide bonds. The molecule has 8 nitrogen and oxygen atoms in total. The number of carbonyl (C=O) groups is 2. The zero-order chi connectivity index (χ0) is 33.8. The van der Waals surface area contributed by atoms with Gasteiger partial charge in [0.1, 0.15) is 11.8 Å². The van der Waals surface area contributed by atoms with E-state index in [1.54, 1.807) is 0 Å². The summed E-state index contributed by atoms with van der Waals surface area (Å²) in [6, 6.07) is 12.2. The topological polar surface area (TPSA) is 74.4 Å². The van der Waals surface area contributed by atoms with Gasteiger partial charge in [-0.15, -0.1) is 0 Å². The van der Waals surface area contributed by atoms with E-state index >= 15 is 0 Å². The molecular weight excluding hydrogens is 644 g/mol. The largest absolute Gasteiger partial charge is 0.490 e. The third-order valence-electron chi connectivity index (χ3n) is 10.9. The first-order valence-electron chi connectivity index (χ1n) is 17.7. The van der Waals surface area contributed by atoms with Crippen LogP contribution in [0.2, 0.25) is 5.02 Å². The van der Waals surface area contributed by atoms with Crippen molar-refractivity contribution in [2.24, 2.45) is 5.92 Å². The van der Waals surface area contributed by atoms with Gasteiger partial charge in [-0.2, -0.15) is 0 Å². The van der Waals surface area contributed by atoms with Gasteiger partial charge in [0, 0.05) is 54.0 Å². The van der Waals surface area contributed by atoms with Crippen LogP contribution in [0.1, 0.15) is 74.4 Å². The second-order valence-corrected chi connectivity index (χ2v) is 15.9. The van der Waals surface area contributed by atoms with E-state index < -0.39 is 0 Å². The molecule has 0 unspecified atom stereocenters. The number of likely N-dealkylation sites (N-methyl/N-ethyl adjacent to an activating group) is 1. The van der Waals surface area contributed by atoms with E-state index in [2.05, 4.69) is 66.6 Å². The Hall–Kier alpha value is -2.72. The zero-order valence-electron chi connectivity index (χ0n) is 28.9. The van der Waals surface area contributed by atoms with Gasteiger partial charge in [-0.05, 0) is 111 Å². The van der Waals surface area contributed by atoms with Crippen molar-refractivity contribution in [2.45, 2.75) is 82.0 Å². The number of hydrogen-bond donors (Lipinski definition) is 1. The van der Waals surface area contributed by atoms with Crippen molar-refractivity contribution >= 4 is 41.1 Å². The number of anilines is 1. The summed E-state index contributed by atoms with van der Waals surface area (Å²) in [5.74, 6) is 1.19. The minimum Gasteiger partial charge on any atom is -0.490 e. The van der Waals surface area contributed by atoms with E-state index in [9.17, 15) is 9.59 Å². The lowest BCUT2D eigenvalue weighted by atomic mass is 9.70. The number of rotatable bonds is 9. The number of hydrogen-bond acceptors (Lipinski definition) is 7. The lowest BCUT2D eigenvalue weighted by Crippen LogP contribution is -2.51. The monoisotopic (exact) mass is 694 g/mol. The zero-order valence-corrected chi connectivity index (χ0v) is 30.5. The molecule has 0 bridgehead atoms. The van der Waals surface area contributed by atoms with Crippen LogP contribution in [-0.2, 0) is 21.4 Å². The number of carbonyl (C=O) groups excluding carboxylic acids is 2. The van der Waals surface area contributed by atoms with E-state index in [0.717, 1.165) is 68.1 Å². The SMILES string of the molecule is C[C@@H]1CCCN1[C@@H](/C=C/C[C@H](C)[C@@H](C)SNC(=O)c1ccc2c(c1)N(C)C[C@@]1(CCCc3cc(Cl)ccc31)CO2)C(=O)N1CCOCC1. The van der Waals surface area contributed by atoms with Crippen LogP contribution in [0.3, 0.4) is 0 Å². The molecular formula is C38H51ClN4O4S. The number of nitrogens with one attached hydrogen (secondary N) is 1. The molecule has 1 N–H and O–H groups in total. The molecule has 48 heavy (non-hydrogen) atoms. The smallest absolute Gasteiger partial charge is 0.261 e. The average molecular weight is 695 g/mol. The van der Waals surface area contributed by atoms with Crippen molar-refractivity contribution < 1.29 is 19.1 Å². The first kappa shape index (κ1) is 35.1. The van der Waals surface area contributed by atoms with E-state index in [1.807, 2.05) is 29.2 Å². The molecule has 3 aliphatic heterocycles. The summed E-state index contributed by atoms with van der Waals surface area (Å²) in [6.07, 6.45) is 10.6. The summed E-state index contributed by atoms with van der Waals surface area (Å²) in [4.78, 5) is 33.5. The Labute approximate surface area is 295 Å². The van der Waals surface area contributed by atoms with Crippen LogP contribution < -0.4 is 14.4 Å². The summed E-state index contributed by atoms with van der Waals surface area (Å²) in [5, 5.41) is 0.965. The van der Waals surface area contributed by atoms with E-state index in [0.29, 0.717) is 50.4 Å². The first-order chi connectivity index (χ1) is 23.1. The fourth-order valence-electron chi connectivity index (χ4n) is 7.84. The maximum absolute atomic E-state index is 13.5. The number of ether oxygens (including phenoxy) is 2. The highest BCUT2D eigenvalue weighted by Crippen LogP contribution is 2.44. The molecule has 260 valence electrons. The second-order valence-electron chi connectivity index (χ2n) is 14.3. The van der Waals surface area contributed by atoms with E-state index in [4.69, 9.17) is 21.1 Å². The van der Waals surface area contributed by atoms with Crippen molar-refractivity contribution in [2.75, 3.05) is 57.9 Å². The molecule has 4 aliphatic rings. The van der Waals surface area contributed by atoms with E-state index in [1.165, 1.54) is 23.1 Å². The Kier molecular flexibility index (Phi) is 11.3. The maximum Gasteiger partial charge on any atom is 0.261 e.